The minimum Gasteiger partial charge on any atom is -0.454 e. The lowest BCUT2D eigenvalue weighted by Crippen LogP contribution is -2.39. The third kappa shape index (κ3) is 5.35. The first-order valence-corrected chi connectivity index (χ1v) is 9.99. The molecule has 1 fully saturated rings. The maximum absolute atomic E-state index is 12.5. The molecule has 0 radical (unpaired) electrons. The van der Waals surface area contributed by atoms with Gasteiger partial charge in [-0.05, 0) is 37.1 Å². The molecule has 2 aromatic rings. The summed E-state index contributed by atoms with van der Waals surface area (Å²) in [5.74, 6) is -0.225. The minimum absolute atomic E-state index is 0.0154. The molecule has 0 spiro atoms. The quantitative estimate of drug-likeness (QED) is 0.718. The summed E-state index contributed by atoms with van der Waals surface area (Å²) in [5.41, 5.74) is 8.14. The molecule has 0 atom stereocenters. The van der Waals surface area contributed by atoms with Gasteiger partial charge in [-0.1, -0.05) is 24.3 Å². The fourth-order valence-electron chi connectivity index (χ4n) is 3.81. The van der Waals surface area contributed by atoms with Gasteiger partial charge >= 0.3 is 12.2 Å². The van der Waals surface area contributed by atoms with Gasteiger partial charge in [-0.15, -0.1) is 0 Å². The molecule has 0 aliphatic carbocycles. The molecule has 0 bridgehead atoms. The molecule has 1 amide bonds. The summed E-state index contributed by atoms with van der Waals surface area (Å²) in [6.07, 6.45) is -2.11. The number of hydrogen-bond acceptors (Lipinski definition) is 7. The molecule has 1 aromatic carbocycles. The zero-order valence-electron chi connectivity index (χ0n) is 16.8. The van der Waals surface area contributed by atoms with Crippen molar-refractivity contribution in [1.29, 1.82) is 0 Å². The van der Waals surface area contributed by atoms with Crippen LogP contribution >= 0.6 is 0 Å². The van der Waals surface area contributed by atoms with Crippen LogP contribution in [0.5, 0.6) is 6.01 Å². The SMILES string of the molecule is Nc1nc(OCC(F)(F)F)nc2c1NC(=O)CN2Cc1cccc(CN2CCCC2)c1. The van der Waals surface area contributed by atoms with Crippen LogP contribution < -0.4 is 20.7 Å². The number of anilines is 3. The van der Waals surface area contributed by atoms with E-state index in [2.05, 4.69) is 37.1 Å². The number of ether oxygens (including phenoxy) is 1. The van der Waals surface area contributed by atoms with E-state index >= 15 is 0 Å². The Labute approximate surface area is 177 Å². The molecule has 31 heavy (non-hydrogen) atoms. The molecule has 1 saturated heterocycles. The van der Waals surface area contributed by atoms with Crippen LogP contribution in [-0.4, -0.2) is 53.2 Å². The summed E-state index contributed by atoms with van der Waals surface area (Å²) in [7, 11) is 0. The number of amides is 1. The molecule has 4 rings (SSSR count). The number of benzene rings is 1. The second-order valence-corrected chi connectivity index (χ2v) is 7.70. The topological polar surface area (TPSA) is 96.6 Å². The lowest BCUT2D eigenvalue weighted by atomic mass is 10.1. The van der Waals surface area contributed by atoms with Gasteiger partial charge in [-0.3, -0.25) is 9.69 Å². The average molecular weight is 436 g/mol. The number of nitrogens with one attached hydrogen (secondary N) is 1. The highest BCUT2D eigenvalue weighted by molar-refractivity contribution is 6.03. The van der Waals surface area contributed by atoms with Crippen molar-refractivity contribution >= 4 is 23.2 Å². The average Bonchev–Trinajstić information content (AvgIpc) is 3.20. The van der Waals surface area contributed by atoms with Crippen molar-refractivity contribution in [3.05, 3.63) is 35.4 Å². The summed E-state index contributed by atoms with van der Waals surface area (Å²) in [6, 6.07) is 7.53. The summed E-state index contributed by atoms with van der Waals surface area (Å²) in [5, 5.41) is 2.59. The summed E-state index contributed by atoms with van der Waals surface area (Å²) < 4.78 is 42.2. The molecule has 0 unspecified atom stereocenters. The van der Waals surface area contributed by atoms with E-state index in [4.69, 9.17) is 5.73 Å². The third-order valence-corrected chi connectivity index (χ3v) is 5.13. The van der Waals surface area contributed by atoms with Crippen molar-refractivity contribution in [2.75, 3.05) is 42.2 Å². The smallest absolute Gasteiger partial charge is 0.422 e. The number of nitrogens with two attached hydrogens (primary N) is 1. The van der Waals surface area contributed by atoms with Gasteiger partial charge in [0.15, 0.2) is 18.2 Å². The normalized spacial score (nSPS) is 16.9. The predicted molar refractivity (Wildman–Crippen MR) is 109 cm³/mol. The molecular formula is C20H23F3N6O2. The first-order chi connectivity index (χ1) is 14.8. The minimum atomic E-state index is -4.53. The highest BCUT2D eigenvalue weighted by Crippen LogP contribution is 2.34. The van der Waals surface area contributed by atoms with Gasteiger partial charge in [0, 0.05) is 13.1 Å². The lowest BCUT2D eigenvalue weighted by molar-refractivity contribution is -0.154. The fourth-order valence-corrected chi connectivity index (χ4v) is 3.81. The van der Waals surface area contributed by atoms with E-state index in [0.717, 1.165) is 30.8 Å². The number of nitrogens with zero attached hydrogens (tertiary/aromatic N) is 4. The zero-order valence-corrected chi connectivity index (χ0v) is 16.8. The number of aromatic nitrogens is 2. The number of halogens is 3. The van der Waals surface area contributed by atoms with Crippen molar-refractivity contribution in [2.24, 2.45) is 0 Å². The van der Waals surface area contributed by atoms with E-state index in [0.29, 0.717) is 6.54 Å². The number of rotatable bonds is 6. The first-order valence-electron chi connectivity index (χ1n) is 9.99. The van der Waals surface area contributed by atoms with E-state index < -0.39 is 18.8 Å². The summed E-state index contributed by atoms with van der Waals surface area (Å²) in [6.45, 7) is 1.81. The van der Waals surface area contributed by atoms with Crippen molar-refractivity contribution in [2.45, 2.75) is 32.1 Å². The van der Waals surface area contributed by atoms with E-state index in [1.165, 1.54) is 12.8 Å². The molecule has 0 saturated carbocycles. The predicted octanol–water partition coefficient (Wildman–Crippen LogP) is 2.55. The lowest BCUT2D eigenvalue weighted by Gasteiger charge is -2.30. The maximum Gasteiger partial charge on any atom is 0.422 e. The van der Waals surface area contributed by atoms with Gasteiger partial charge in [0.25, 0.3) is 0 Å². The Hall–Kier alpha value is -3.08. The standard InChI is InChI=1S/C20H23F3N6O2/c21-20(22,23)12-31-19-26-17(24)16-18(27-19)29(11-15(30)25-16)10-14-5-3-4-13(8-14)9-28-6-1-2-7-28/h3-5,8H,1-2,6-7,9-12H2,(H,25,30)(H2,24,26,27). The molecule has 11 heteroatoms. The Balaban J connectivity index is 1.55. The molecule has 3 heterocycles. The van der Waals surface area contributed by atoms with Gasteiger partial charge in [0.1, 0.15) is 5.69 Å². The highest BCUT2D eigenvalue weighted by atomic mass is 19.4. The second-order valence-electron chi connectivity index (χ2n) is 7.70. The number of alkyl halides is 3. The number of fused-ring (bicyclic) bond motifs is 1. The maximum atomic E-state index is 12.5. The van der Waals surface area contributed by atoms with E-state index in [1.807, 2.05) is 12.1 Å². The zero-order chi connectivity index (χ0) is 22.0. The molecule has 1 aromatic heterocycles. The van der Waals surface area contributed by atoms with Gasteiger partial charge < -0.3 is 20.7 Å². The number of carbonyl (C=O) groups is 1. The van der Waals surface area contributed by atoms with Crippen LogP contribution in [-0.2, 0) is 17.9 Å². The van der Waals surface area contributed by atoms with Crippen molar-refractivity contribution in [1.82, 2.24) is 14.9 Å². The van der Waals surface area contributed by atoms with E-state index in [1.54, 1.807) is 4.90 Å². The van der Waals surface area contributed by atoms with Crippen LogP contribution in [0.25, 0.3) is 0 Å². The van der Waals surface area contributed by atoms with Crippen LogP contribution in [0, 0.1) is 0 Å². The summed E-state index contributed by atoms with van der Waals surface area (Å²) in [4.78, 5) is 24.0. The van der Waals surface area contributed by atoms with Crippen LogP contribution in [0.3, 0.4) is 0 Å². The Morgan fingerprint density at radius 2 is 1.84 bits per heavy atom. The monoisotopic (exact) mass is 436 g/mol. The van der Waals surface area contributed by atoms with Crippen molar-refractivity contribution in [3.8, 4) is 6.01 Å². The highest BCUT2D eigenvalue weighted by Gasteiger charge is 2.31. The van der Waals surface area contributed by atoms with Crippen molar-refractivity contribution < 1.29 is 22.7 Å². The number of hydrogen-bond donors (Lipinski definition) is 2. The van der Waals surface area contributed by atoms with Gasteiger partial charge in [-0.2, -0.15) is 23.1 Å². The van der Waals surface area contributed by atoms with E-state index in [9.17, 15) is 18.0 Å². The molecule has 3 N–H and O–H groups in total. The molecule has 2 aliphatic rings. The van der Waals surface area contributed by atoms with Crippen molar-refractivity contribution in [3.63, 3.8) is 0 Å². The van der Waals surface area contributed by atoms with Crippen LogP contribution in [0.1, 0.15) is 24.0 Å². The van der Waals surface area contributed by atoms with Crippen LogP contribution in [0.4, 0.5) is 30.5 Å². The number of carbonyl (C=O) groups excluding carboxylic acids is 1. The van der Waals surface area contributed by atoms with E-state index in [-0.39, 0.29) is 29.8 Å². The number of likely N-dealkylation sites (tertiary alicyclic amines) is 1. The Bertz CT molecular complexity index is 962. The van der Waals surface area contributed by atoms with Crippen LogP contribution in [0.15, 0.2) is 24.3 Å². The first kappa shape index (κ1) is 21.2. The van der Waals surface area contributed by atoms with Gasteiger partial charge in [0.05, 0.1) is 6.54 Å². The third-order valence-electron chi connectivity index (χ3n) is 5.13. The molecule has 8 nitrogen and oxygen atoms in total. The Morgan fingerprint density at radius 1 is 1.13 bits per heavy atom. The van der Waals surface area contributed by atoms with Gasteiger partial charge in [0.2, 0.25) is 5.91 Å². The second kappa shape index (κ2) is 8.58. The Kier molecular flexibility index (Phi) is 5.86. The number of nitrogen functional groups attached to an aromatic ring is 1. The molecule has 2 aliphatic heterocycles. The Morgan fingerprint density at radius 3 is 2.55 bits per heavy atom. The van der Waals surface area contributed by atoms with Gasteiger partial charge in [-0.25, -0.2) is 0 Å². The van der Waals surface area contributed by atoms with Crippen LogP contribution in [0.2, 0.25) is 0 Å². The molecule has 166 valence electrons. The largest absolute Gasteiger partial charge is 0.454 e. The fraction of sp³-hybridized carbons (Fsp3) is 0.450. The molecular weight excluding hydrogens is 413 g/mol. The summed E-state index contributed by atoms with van der Waals surface area (Å²) >= 11 is 0.